The highest BCUT2D eigenvalue weighted by atomic mass is 79.9. The predicted octanol–water partition coefficient (Wildman–Crippen LogP) is 4.06. The minimum atomic E-state index is -0.890. The Morgan fingerprint density at radius 2 is 1.81 bits per heavy atom. The van der Waals surface area contributed by atoms with E-state index in [1.807, 2.05) is 19.1 Å². The number of hydrogen-bond donors (Lipinski definition) is 2. The molecule has 2 N–H and O–H groups in total. The SMILES string of the molecule is Cc1cc(Br)ccc1OCC(=O)NNC(=O)[C@@H](C)Oc1ccc(Cl)cc1Cl. The summed E-state index contributed by atoms with van der Waals surface area (Å²) in [5.41, 5.74) is 5.42. The number of rotatable bonds is 6. The molecule has 0 bridgehead atoms. The van der Waals surface area contributed by atoms with Gasteiger partial charge in [-0.2, -0.15) is 0 Å². The quantitative estimate of drug-likeness (QED) is 0.617. The molecule has 2 aromatic carbocycles. The summed E-state index contributed by atoms with van der Waals surface area (Å²) >= 11 is 15.2. The Morgan fingerprint density at radius 3 is 2.48 bits per heavy atom. The van der Waals surface area contributed by atoms with Gasteiger partial charge in [-0.15, -0.1) is 0 Å². The number of ether oxygens (including phenoxy) is 2. The number of amides is 2. The molecule has 27 heavy (non-hydrogen) atoms. The van der Waals surface area contributed by atoms with Crippen molar-refractivity contribution in [1.82, 2.24) is 10.9 Å². The van der Waals surface area contributed by atoms with Crippen molar-refractivity contribution in [2.24, 2.45) is 0 Å². The van der Waals surface area contributed by atoms with E-state index in [-0.39, 0.29) is 11.6 Å². The van der Waals surface area contributed by atoms with Gasteiger partial charge in [0, 0.05) is 9.50 Å². The van der Waals surface area contributed by atoms with E-state index < -0.39 is 17.9 Å². The second-order valence-corrected chi connectivity index (χ2v) is 7.33. The molecule has 0 radical (unpaired) electrons. The van der Waals surface area contributed by atoms with Gasteiger partial charge in [0.15, 0.2) is 12.7 Å². The Labute approximate surface area is 175 Å². The summed E-state index contributed by atoms with van der Waals surface area (Å²) < 4.78 is 11.8. The second-order valence-electron chi connectivity index (χ2n) is 5.57. The molecule has 0 spiro atoms. The summed E-state index contributed by atoms with van der Waals surface area (Å²) in [6.45, 7) is 3.13. The lowest BCUT2D eigenvalue weighted by atomic mass is 10.2. The van der Waals surface area contributed by atoms with Gasteiger partial charge in [-0.25, -0.2) is 0 Å². The molecule has 6 nitrogen and oxygen atoms in total. The van der Waals surface area contributed by atoms with E-state index in [2.05, 4.69) is 26.8 Å². The van der Waals surface area contributed by atoms with Crippen LogP contribution in [-0.2, 0) is 9.59 Å². The highest BCUT2D eigenvalue weighted by Gasteiger charge is 2.17. The van der Waals surface area contributed by atoms with Crippen LogP contribution in [0.2, 0.25) is 10.0 Å². The van der Waals surface area contributed by atoms with Crippen LogP contribution in [0.3, 0.4) is 0 Å². The Kier molecular flexibility index (Phi) is 7.77. The first kappa shape index (κ1) is 21.3. The Morgan fingerprint density at radius 1 is 1.11 bits per heavy atom. The molecule has 0 aliphatic heterocycles. The number of nitrogens with one attached hydrogen (secondary N) is 2. The van der Waals surface area contributed by atoms with E-state index in [0.717, 1.165) is 10.0 Å². The van der Waals surface area contributed by atoms with Crippen molar-refractivity contribution in [1.29, 1.82) is 0 Å². The summed E-state index contributed by atoms with van der Waals surface area (Å²) in [5, 5.41) is 0.738. The van der Waals surface area contributed by atoms with Crippen molar-refractivity contribution in [2.45, 2.75) is 20.0 Å². The Balaban J connectivity index is 1.79. The smallest absolute Gasteiger partial charge is 0.279 e. The molecule has 0 saturated heterocycles. The zero-order valence-corrected chi connectivity index (χ0v) is 17.6. The number of carbonyl (C=O) groups is 2. The van der Waals surface area contributed by atoms with Gasteiger partial charge >= 0.3 is 0 Å². The van der Waals surface area contributed by atoms with Gasteiger partial charge in [-0.3, -0.25) is 20.4 Å². The molecule has 0 unspecified atom stereocenters. The van der Waals surface area contributed by atoms with Crippen LogP contribution in [0.1, 0.15) is 12.5 Å². The van der Waals surface area contributed by atoms with E-state index in [4.69, 9.17) is 32.7 Å². The van der Waals surface area contributed by atoms with E-state index in [0.29, 0.717) is 16.5 Å². The minimum absolute atomic E-state index is 0.249. The third kappa shape index (κ3) is 6.61. The number of benzene rings is 2. The van der Waals surface area contributed by atoms with Crippen molar-refractivity contribution < 1.29 is 19.1 Å². The number of hydrogen-bond acceptors (Lipinski definition) is 4. The average Bonchev–Trinajstić information content (AvgIpc) is 2.61. The number of aryl methyl sites for hydroxylation is 1. The van der Waals surface area contributed by atoms with E-state index >= 15 is 0 Å². The molecule has 0 fully saturated rings. The molecule has 9 heteroatoms. The Hall–Kier alpha value is -1.96. The lowest BCUT2D eigenvalue weighted by molar-refractivity contribution is -0.133. The highest BCUT2D eigenvalue weighted by Crippen LogP contribution is 2.28. The van der Waals surface area contributed by atoms with Crippen molar-refractivity contribution in [2.75, 3.05) is 6.61 Å². The zero-order valence-electron chi connectivity index (χ0n) is 14.5. The summed E-state index contributed by atoms with van der Waals surface area (Å²) in [7, 11) is 0. The Bertz CT molecular complexity index is 848. The third-order valence-corrected chi connectivity index (χ3v) is 4.41. The number of hydrazine groups is 1. The van der Waals surface area contributed by atoms with Crippen LogP contribution in [0.4, 0.5) is 0 Å². The monoisotopic (exact) mass is 474 g/mol. The molecular weight excluding hydrogens is 459 g/mol. The zero-order chi connectivity index (χ0) is 20.0. The molecule has 2 aromatic rings. The molecule has 1 atom stereocenters. The lowest BCUT2D eigenvalue weighted by Crippen LogP contribution is -2.48. The van der Waals surface area contributed by atoms with Crippen LogP contribution in [0.25, 0.3) is 0 Å². The first-order chi connectivity index (χ1) is 12.8. The summed E-state index contributed by atoms with van der Waals surface area (Å²) in [6.07, 6.45) is -0.890. The van der Waals surface area contributed by atoms with E-state index in [1.165, 1.54) is 13.0 Å². The van der Waals surface area contributed by atoms with Crippen LogP contribution >= 0.6 is 39.1 Å². The molecule has 144 valence electrons. The average molecular weight is 476 g/mol. The molecule has 0 aliphatic carbocycles. The molecule has 0 heterocycles. The van der Waals surface area contributed by atoms with Gasteiger partial charge in [0.25, 0.3) is 11.8 Å². The molecule has 0 aliphatic rings. The van der Waals surface area contributed by atoms with Crippen LogP contribution in [0.15, 0.2) is 40.9 Å². The molecular formula is C18H17BrCl2N2O4. The number of halogens is 3. The second kappa shape index (κ2) is 9.82. The van der Waals surface area contributed by atoms with Gasteiger partial charge in [0.1, 0.15) is 11.5 Å². The predicted molar refractivity (Wildman–Crippen MR) is 107 cm³/mol. The minimum Gasteiger partial charge on any atom is -0.483 e. The van der Waals surface area contributed by atoms with Crippen LogP contribution < -0.4 is 20.3 Å². The fourth-order valence-electron chi connectivity index (χ4n) is 2.00. The molecule has 2 rings (SSSR count). The topological polar surface area (TPSA) is 76.7 Å². The van der Waals surface area contributed by atoms with E-state index in [9.17, 15) is 9.59 Å². The standard InChI is InChI=1S/C18H17BrCl2N2O4/c1-10-7-12(19)3-5-15(10)26-9-17(24)22-23-18(25)11(2)27-16-6-4-13(20)8-14(16)21/h3-8,11H,9H2,1-2H3,(H,22,24)(H,23,25)/t11-/m1/s1. The maximum absolute atomic E-state index is 12.0. The van der Waals surface area contributed by atoms with Crippen molar-refractivity contribution in [3.05, 3.63) is 56.5 Å². The fourth-order valence-corrected chi connectivity index (χ4v) is 2.93. The summed E-state index contributed by atoms with van der Waals surface area (Å²) in [6, 6.07) is 10.1. The van der Waals surface area contributed by atoms with Gasteiger partial charge in [0.2, 0.25) is 0 Å². The van der Waals surface area contributed by atoms with Gasteiger partial charge < -0.3 is 9.47 Å². The van der Waals surface area contributed by atoms with Gasteiger partial charge in [-0.05, 0) is 55.8 Å². The third-order valence-electron chi connectivity index (χ3n) is 3.39. The van der Waals surface area contributed by atoms with Crippen LogP contribution in [0.5, 0.6) is 11.5 Å². The van der Waals surface area contributed by atoms with Crippen molar-refractivity contribution in [3.8, 4) is 11.5 Å². The van der Waals surface area contributed by atoms with Crippen molar-refractivity contribution in [3.63, 3.8) is 0 Å². The normalized spacial score (nSPS) is 11.4. The maximum Gasteiger partial charge on any atom is 0.279 e. The van der Waals surface area contributed by atoms with Crippen LogP contribution in [-0.4, -0.2) is 24.5 Å². The summed E-state index contributed by atoms with van der Waals surface area (Å²) in [5.74, 6) is -0.172. The summed E-state index contributed by atoms with van der Waals surface area (Å²) in [4.78, 5) is 23.9. The van der Waals surface area contributed by atoms with E-state index in [1.54, 1.807) is 18.2 Å². The number of carbonyl (C=O) groups excluding carboxylic acids is 2. The molecule has 2 amide bonds. The first-order valence-electron chi connectivity index (χ1n) is 7.85. The molecule has 0 aromatic heterocycles. The fraction of sp³-hybridized carbons (Fsp3) is 0.222. The largest absolute Gasteiger partial charge is 0.483 e. The highest BCUT2D eigenvalue weighted by molar-refractivity contribution is 9.10. The van der Waals surface area contributed by atoms with Crippen molar-refractivity contribution >= 4 is 50.9 Å². The van der Waals surface area contributed by atoms with Gasteiger partial charge in [0.05, 0.1) is 5.02 Å². The van der Waals surface area contributed by atoms with Gasteiger partial charge in [-0.1, -0.05) is 39.1 Å². The molecule has 0 saturated carbocycles. The lowest BCUT2D eigenvalue weighted by Gasteiger charge is -2.16. The maximum atomic E-state index is 12.0. The van der Waals surface area contributed by atoms with Crippen LogP contribution in [0, 0.1) is 6.92 Å². The first-order valence-corrected chi connectivity index (χ1v) is 9.40.